The predicted molar refractivity (Wildman–Crippen MR) is 371 cm³/mol. The van der Waals surface area contributed by atoms with Crippen molar-refractivity contribution in [2.45, 2.75) is 242 Å². The van der Waals surface area contributed by atoms with Gasteiger partial charge in [-0.1, -0.05) is 97.2 Å². The zero-order valence-electron chi connectivity index (χ0n) is 61.3. The molecule has 1 aromatic carbocycles. The van der Waals surface area contributed by atoms with E-state index < -0.39 is 166 Å². The number of likely N-dealkylation sites (N-methyl/N-ethyl adjacent to an activating group) is 6. The van der Waals surface area contributed by atoms with Crippen molar-refractivity contribution < 1.29 is 75.4 Å². The molecule has 0 aromatic heterocycles. The van der Waals surface area contributed by atoms with Crippen molar-refractivity contribution in [2.24, 2.45) is 17.8 Å². The second-order valence-corrected chi connectivity index (χ2v) is 30.2. The fourth-order valence-corrected chi connectivity index (χ4v) is 15.7. The highest BCUT2D eigenvalue weighted by atomic mass is 35.5. The van der Waals surface area contributed by atoms with Gasteiger partial charge < -0.3 is 64.8 Å². The van der Waals surface area contributed by atoms with Gasteiger partial charge in [0.1, 0.15) is 59.9 Å². The molecular formula is C72H110ClF3N12O13. The molecular weight excluding hydrogens is 1330 g/mol. The van der Waals surface area contributed by atoms with E-state index in [9.17, 15) is 46.7 Å². The number of nitrogens with one attached hydrogen (secondary N) is 3. The number of piperidine rings is 1. The lowest BCUT2D eigenvalue weighted by Crippen LogP contribution is -2.65. The summed E-state index contributed by atoms with van der Waals surface area (Å²) in [4.78, 5) is 191. The number of nitrogens with zero attached hydrogens (tertiary/aromatic N) is 9. The van der Waals surface area contributed by atoms with Gasteiger partial charge in [-0.3, -0.25) is 57.5 Å². The Kier molecular flexibility index (Phi) is 28.8. The van der Waals surface area contributed by atoms with Gasteiger partial charge in [-0.2, -0.15) is 13.2 Å². The number of alkyl halides is 3. The Bertz CT molecular complexity index is 3160. The summed E-state index contributed by atoms with van der Waals surface area (Å²) in [5.41, 5.74) is -2.37. The van der Waals surface area contributed by atoms with E-state index in [1.807, 2.05) is 20.8 Å². The number of hydrogen-bond acceptors (Lipinski definition) is 13. The van der Waals surface area contributed by atoms with Gasteiger partial charge in [-0.15, -0.1) is 0 Å². The van der Waals surface area contributed by atoms with Crippen LogP contribution in [0, 0.1) is 17.8 Å². The molecule has 2 aliphatic carbocycles. The van der Waals surface area contributed by atoms with E-state index in [1.54, 1.807) is 18.7 Å². The van der Waals surface area contributed by atoms with Gasteiger partial charge in [0, 0.05) is 75.1 Å². The maximum Gasteiger partial charge on any atom is 0.417 e. The number of halogens is 4. The molecule has 29 heteroatoms. The molecule has 1 spiro atoms. The van der Waals surface area contributed by atoms with Crippen LogP contribution in [0.25, 0.3) is 0 Å². The quantitative estimate of drug-likeness (QED) is 0.209. The van der Waals surface area contributed by atoms with Crippen LogP contribution >= 0.6 is 11.6 Å². The maximum absolute atomic E-state index is 15.4. The summed E-state index contributed by atoms with van der Waals surface area (Å²) in [6.07, 6.45) is 3.74. The molecule has 1 aromatic rings. The van der Waals surface area contributed by atoms with E-state index in [2.05, 4.69) is 16.0 Å². The summed E-state index contributed by atoms with van der Waals surface area (Å²) in [5, 5.41) is 8.03. The van der Waals surface area contributed by atoms with Crippen LogP contribution in [0.3, 0.4) is 0 Å². The first-order chi connectivity index (χ1) is 47.6. The Morgan fingerprint density at radius 3 is 1.89 bits per heavy atom. The predicted octanol–water partition coefficient (Wildman–Crippen LogP) is 5.41. The number of aryl methyl sites for hydroxylation is 1. The Hall–Kier alpha value is -7.10. The fourth-order valence-electron chi connectivity index (χ4n) is 15.4. The van der Waals surface area contributed by atoms with Crippen molar-refractivity contribution in [3.8, 4) is 0 Å². The van der Waals surface area contributed by atoms with Gasteiger partial charge in [-0.05, 0) is 126 Å². The number of carbonyl (C=O) groups is 12. The molecule has 6 aliphatic rings. The summed E-state index contributed by atoms with van der Waals surface area (Å²) < 4.78 is 47.5. The molecule has 12 amide bonds. The monoisotopic (exact) mass is 1440 g/mol. The number of carbonyl (C=O) groups excluding carboxylic acids is 12. The Balaban J connectivity index is 1.29. The first-order valence-electron chi connectivity index (χ1n) is 36.5. The smallest absolute Gasteiger partial charge is 0.379 e. The van der Waals surface area contributed by atoms with E-state index in [-0.39, 0.29) is 89.5 Å². The van der Waals surface area contributed by atoms with Crippen LogP contribution in [0.5, 0.6) is 0 Å². The Morgan fingerprint density at radius 2 is 1.30 bits per heavy atom. The van der Waals surface area contributed by atoms with Crippen molar-refractivity contribution >= 4 is 82.5 Å². The summed E-state index contributed by atoms with van der Waals surface area (Å²) >= 11 is 6.16. The Labute approximate surface area is 598 Å². The van der Waals surface area contributed by atoms with Crippen LogP contribution in [-0.2, 0) is 74.9 Å². The molecule has 564 valence electrons. The van der Waals surface area contributed by atoms with Crippen LogP contribution in [0.4, 0.5) is 13.2 Å². The van der Waals surface area contributed by atoms with Crippen molar-refractivity contribution in [2.75, 3.05) is 88.2 Å². The lowest BCUT2D eigenvalue weighted by atomic mass is 9.84. The lowest BCUT2D eigenvalue weighted by Gasteiger charge is -2.45. The maximum atomic E-state index is 15.4. The SMILES string of the molecule is CCCOC[C@@H]1NC(=O)[C@H](CC(C)C)N(C)C(=O)C[C@@H](C(=O)N2CCCCC2)N(C)C(=O)[C@H](C(C)C)N(C)C(=O)C2(CCCC2)NC(=O)[C@@H]2CCCN2C(=O)[C@H](CCc2ccc(C(F)(F)F)c(Cl)c2)NC(=O)CN(C)C(=O)[C@H](CC2CCCCC2)N(C)C(=O)[C@@H]2CCN2C(=O)[C@H](C)N(C)C1=O. The number of benzene rings is 1. The number of amides is 12. The summed E-state index contributed by atoms with van der Waals surface area (Å²) in [6.45, 7) is 10.6. The van der Waals surface area contributed by atoms with Gasteiger partial charge in [0.15, 0.2) is 0 Å². The number of hydrogen-bond donors (Lipinski definition) is 3. The molecule has 4 heterocycles. The first-order valence-corrected chi connectivity index (χ1v) is 36.8. The normalized spacial score (nSPS) is 27.3. The van der Waals surface area contributed by atoms with Crippen LogP contribution < -0.4 is 16.0 Å². The average molecular weight is 1440 g/mol. The van der Waals surface area contributed by atoms with Gasteiger partial charge in [0.05, 0.1) is 30.2 Å². The fraction of sp³-hybridized carbons (Fsp3) is 0.750. The molecule has 6 fully saturated rings. The topological polar surface area (TPSA) is 279 Å². The highest BCUT2D eigenvalue weighted by Crippen LogP contribution is 2.37. The van der Waals surface area contributed by atoms with Crippen LogP contribution in [0.15, 0.2) is 18.2 Å². The third-order valence-electron chi connectivity index (χ3n) is 21.6. The molecule has 2 saturated carbocycles. The molecule has 0 radical (unpaired) electrons. The molecule has 25 nitrogen and oxygen atoms in total. The molecule has 3 N–H and O–H groups in total. The zero-order chi connectivity index (χ0) is 74.5. The number of ether oxygens (including phenoxy) is 1. The van der Waals surface area contributed by atoms with Crippen LogP contribution in [0.1, 0.15) is 181 Å². The molecule has 101 heavy (non-hydrogen) atoms. The van der Waals surface area contributed by atoms with Crippen molar-refractivity contribution in [1.82, 2.24) is 60.0 Å². The van der Waals surface area contributed by atoms with Gasteiger partial charge in [0.2, 0.25) is 70.9 Å². The van der Waals surface area contributed by atoms with E-state index in [0.717, 1.165) is 60.5 Å². The molecule has 0 unspecified atom stereocenters. The Morgan fingerprint density at radius 1 is 0.653 bits per heavy atom. The van der Waals surface area contributed by atoms with Gasteiger partial charge in [-0.25, -0.2) is 0 Å². The van der Waals surface area contributed by atoms with E-state index >= 15 is 24.0 Å². The van der Waals surface area contributed by atoms with Crippen molar-refractivity contribution in [3.05, 3.63) is 34.3 Å². The molecule has 4 saturated heterocycles. The second kappa shape index (κ2) is 35.9. The van der Waals surface area contributed by atoms with Gasteiger partial charge in [0.25, 0.3) is 0 Å². The minimum Gasteiger partial charge on any atom is -0.379 e. The van der Waals surface area contributed by atoms with Crippen LogP contribution in [0.2, 0.25) is 5.02 Å². The van der Waals surface area contributed by atoms with Crippen molar-refractivity contribution in [1.29, 1.82) is 0 Å². The van der Waals surface area contributed by atoms with E-state index in [1.165, 1.54) is 84.7 Å². The summed E-state index contributed by atoms with van der Waals surface area (Å²) in [6, 6.07) is -8.19. The molecule has 9 atom stereocenters. The highest BCUT2D eigenvalue weighted by molar-refractivity contribution is 6.31. The zero-order valence-corrected chi connectivity index (χ0v) is 62.1. The van der Waals surface area contributed by atoms with Crippen LogP contribution in [-0.4, -0.2) is 263 Å². The first kappa shape index (κ1) is 81.2. The summed E-state index contributed by atoms with van der Waals surface area (Å²) in [5.74, 6) is -8.73. The minimum absolute atomic E-state index is 0.0144. The van der Waals surface area contributed by atoms with Gasteiger partial charge >= 0.3 is 6.18 Å². The second-order valence-electron chi connectivity index (χ2n) is 29.7. The van der Waals surface area contributed by atoms with Crippen molar-refractivity contribution in [3.63, 3.8) is 0 Å². The third kappa shape index (κ3) is 19.8. The summed E-state index contributed by atoms with van der Waals surface area (Å²) in [7, 11) is 8.51. The molecule has 4 aliphatic heterocycles. The third-order valence-corrected chi connectivity index (χ3v) is 22.0. The highest BCUT2D eigenvalue weighted by Gasteiger charge is 2.51. The lowest BCUT2D eigenvalue weighted by molar-refractivity contribution is -0.160. The largest absolute Gasteiger partial charge is 0.417 e. The number of rotatable bonds is 13. The number of fused-ring (bicyclic) bond motifs is 2. The number of likely N-dealkylation sites (tertiary alicyclic amines) is 1. The standard InChI is InChI=1S/C72H110ClF3N12O13/c1-13-37-101-43-52-64(94)81(8)46(6)63(93)88-36-30-54(88)67(97)83(10)56(40-47-23-16-14-17-24-47)66(96)80(7)42-58(89)77-51(29-27-48-26-28-49(50(73)39-48)72(74,75)76)65(95)87-35-22-25-53(87)62(92)79-71(31-18-19-32-71)70(100)85(12)60(45(4)5)69(99)84(11)57(68(98)86-33-20-15-21-34-86)41-59(90)82(9)55(38-44(2)3)61(91)78-52/h26,28,39,44-47,51-57,60H,13-25,27,29-38,40-43H2,1-12H3,(H,77,89)(H,78,91)(H,79,92)/t46-,51-,52-,53-,54-,55-,56-,57-,60-/m0/s1. The molecule has 7 rings (SSSR count). The minimum atomic E-state index is -4.76. The average Bonchev–Trinajstić information content (AvgIpc) is 1.75. The van der Waals surface area contributed by atoms with E-state index in [4.69, 9.17) is 16.3 Å². The van der Waals surface area contributed by atoms with E-state index in [0.29, 0.717) is 57.2 Å². The molecule has 0 bridgehead atoms.